The van der Waals surface area contributed by atoms with Gasteiger partial charge in [-0.15, -0.1) is 0 Å². The highest BCUT2D eigenvalue weighted by atomic mass is 16.5. The quantitative estimate of drug-likeness (QED) is 0.918. The lowest BCUT2D eigenvalue weighted by Gasteiger charge is -2.18. The summed E-state index contributed by atoms with van der Waals surface area (Å²) in [5.41, 5.74) is 0.874. The van der Waals surface area contributed by atoms with Crippen molar-refractivity contribution in [3.05, 3.63) is 18.6 Å². The van der Waals surface area contributed by atoms with Gasteiger partial charge < -0.3 is 19.3 Å². The lowest BCUT2D eigenvalue weighted by molar-refractivity contribution is -0.0291. The molecule has 108 valence electrons. The molecule has 2 aromatic rings. The average molecular weight is 276 g/mol. The fourth-order valence-electron chi connectivity index (χ4n) is 2.89. The van der Waals surface area contributed by atoms with Crippen LogP contribution in [0.4, 0.5) is 5.82 Å². The van der Waals surface area contributed by atoms with Gasteiger partial charge in [-0.2, -0.15) is 0 Å². The number of hydrogen-bond acceptors (Lipinski definition) is 5. The van der Waals surface area contributed by atoms with E-state index < -0.39 is 0 Å². The largest absolute Gasteiger partial charge is 0.394 e. The zero-order valence-corrected chi connectivity index (χ0v) is 12.0. The van der Waals surface area contributed by atoms with Gasteiger partial charge in [0.2, 0.25) is 0 Å². The Bertz CT molecular complexity index is 610. The van der Waals surface area contributed by atoms with Crippen LogP contribution in [0.1, 0.15) is 19.6 Å². The minimum atomic E-state index is -0.0809. The van der Waals surface area contributed by atoms with Crippen molar-refractivity contribution in [3.63, 3.8) is 0 Å². The number of aliphatic hydroxyl groups is 1. The standard InChI is InChI=1S/C14H20N4O2/c1-9-6-10(7-19)20-14(9)18-5-4-11-12(17(2)3)15-8-16-13(11)18/h4-5,8-10,14,19H,6-7H2,1-3H3. The highest BCUT2D eigenvalue weighted by Crippen LogP contribution is 2.36. The van der Waals surface area contributed by atoms with E-state index in [1.807, 2.05) is 35.8 Å². The van der Waals surface area contributed by atoms with Crippen molar-refractivity contribution in [2.45, 2.75) is 25.7 Å². The van der Waals surface area contributed by atoms with E-state index in [1.165, 1.54) is 0 Å². The van der Waals surface area contributed by atoms with Gasteiger partial charge >= 0.3 is 0 Å². The maximum atomic E-state index is 9.26. The van der Waals surface area contributed by atoms with Gasteiger partial charge in [0.25, 0.3) is 0 Å². The second-order valence-corrected chi connectivity index (χ2v) is 5.60. The van der Waals surface area contributed by atoms with E-state index in [2.05, 4.69) is 16.9 Å². The molecule has 1 N–H and O–H groups in total. The normalized spacial score (nSPS) is 26.3. The average Bonchev–Trinajstić information content (AvgIpc) is 3.01. The molecule has 0 saturated carbocycles. The highest BCUT2D eigenvalue weighted by molar-refractivity contribution is 5.87. The first kappa shape index (κ1) is 13.3. The van der Waals surface area contributed by atoms with Crippen LogP contribution < -0.4 is 4.90 Å². The van der Waals surface area contributed by atoms with Crippen LogP contribution in [0, 0.1) is 5.92 Å². The van der Waals surface area contributed by atoms with Crippen LogP contribution >= 0.6 is 0 Å². The van der Waals surface area contributed by atoms with Crippen LogP contribution in [0.3, 0.4) is 0 Å². The van der Waals surface area contributed by atoms with Crippen LogP contribution in [0.15, 0.2) is 18.6 Å². The Hall–Kier alpha value is -1.66. The first-order chi connectivity index (χ1) is 9.61. The molecule has 0 radical (unpaired) electrons. The molecule has 0 aliphatic carbocycles. The molecule has 3 unspecified atom stereocenters. The number of rotatable bonds is 3. The van der Waals surface area contributed by atoms with E-state index in [0.717, 1.165) is 23.3 Å². The van der Waals surface area contributed by atoms with Gasteiger partial charge in [-0.3, -0.25) is 0 Å². The number of aliphatic hydroxyl groups excluding tert-OH is 1. The number of nitrogens with zero attached hydrogens (tertiary/aromatic N) is 4. The molecule has 0 bridgehead atoms. The molecule has 0 aromatic carbocycles. The number of anilines is 1. The molecule has 3 atom stereocenters. The van der Waals surface area contributed by atoms with Crippen molar-refractivity contribution in [3.8, 4) is 0 Å². The number of aromatic nitrogens is 3. The van der Waals surface area contributed by atoms with Gasteiger partial charge in [0.15, 0.2) is 0 Å². The molecule has 0 spiro atoms. The van der Waals surface area contributed by atoms with Crippen molar-refractivity contribution in [1.29, 1.82) is 0 Å². The Morgan fingerprint density at radius 2 is 2.25 bits per heavy atom. The molecule has 3 rings (SSSR count). The second-order valence-electron chi connectivity index (χ2n) is 5.60. The van der Waals surface area contributed by atoms with Crippen LogP contribution in [0.25, 0.3) is 11.0 Å². The predicted molar refractivity (Wildman–Crippen MR) is 76.6 cm³/mol. The van der Waals surface area contributed by atoms with Gasteiger partial charge in [-0.05, 0) is 12.5 Å². The summed E-state index contributed by atoms with van der Waals surface area (Å²) < 4.78 is 7.96. The summed E-state index contributed by atoms with van der Waals surface area (Å²) in [4.78, 5) is 10.7. The molecule has 3 heterocycles. The molecular formula is C14H20N4O2. The van der Waals surface area contributed by atoms with Gasteiger partial charge in [0.05, 0.1) is 18.1 Å². The molecule has 1 fully saturated rings. The summed E-state index contributed by atoms with van der Waals surface area (Å²) in [6.45, 7) is 2.21. The van der Waals surface area contributed by atoms with E-state index in [-0.39, 0.29) is 18.9 Å². The zero-order valence-electron chi connectivity index (χ0n) is 12.0. The summed E-state index contributed by atoms with van der Waals surface area (Å²) in [7, 11) is 3.94. The monoisotopic (exact) mass is 276 g/mol. The lowest BCUT2D eigenvalue weighted by atomic mass is 10.1. The van der Waals surface area contributed by atoms with Gasteiger partial charge in [0, 0.05) is 26.2 Å². The summed E-state index contributed by atoms with van der Waals surface area (Å²) in [6, 6.07) is 2.02. The van der Waals surface area contributed by atoms with Crippen molar-refractivity contribution in [2.24, 2.45) is 5.92 Å². The fourth-order valence-corrected chi connectivity index (χ4v) is 2.89. The Labute approximate surface area is 118 Å². The van der Waals surface area contributed by atoms with E-state index in [1.54, 1.807) is 6.33 Å². The molecule has 1 aliphatic heterocycles. The SMILES string of the molecule is CC1CC(CO)OC1n1ccc2c(N(C)C)ncnc21. The zero-order chi connectivity index (χ0) is 14.3. The van der Waals surface area contributed by atoms with Gasteiger partial charge in [0.1, 0.15) is 24.0 Å². The third-order valence-corrected chi connectivity index (χ3v) is 3.84. The van der Waals surface area contributed by atoms with Crippen LogP contribution in [0.5, 0.6) is 0 Å². The van der Waals surface area contributed by atoms with Crippen LogP contribution in [-0.2, 0) is 4.74 Å². The minimum absolute atomic E-state index is 0.0674. The molecule has 6 nitrogen and oxygen atoms in total. The summed E-state index contributed by atoms with van der Waals surface area (Å²) in [5, 5.41) is 10.3. The van der Waals surface area contributed by atoms with Crippen molar-refractivity contribution in [2.75, 3.05) is 25.6 Å². The molecule has 1 saturated heterocycles. The maximum Gasteiger partial charge on any atom is 0.147 e. The Morgan fingerprint density at radius 1 is 1.45 bits per heavy atom. The number of ether oxygens (including phenoxy) is 1. The summed E-state index contributed by atoms with van der Waals surface area (Å²) >= 11 is 0. The summed E-state index contributed by atoms with van der Waals surface area (Å²) in [6.07, 6.45) is 4.29. The first-order valence-electron chi connectivity index (χ1n) is 6.87. The third kappa shape index (κ3) is 2.05. The Kier molecular flexibility index (Phi) is 3.35. The lowest BCUT2D eigenvalue weighted by Crippen LogP contribution is -2.16. The maximum absolute atomic E-state index is 9.26. The third-order valence-electron chi connectivity index (χ3n) is 3.84. The van der Waals surface area contributed by atoms with Gasteiger partial charge in [-0.1, -0.05) is 6.92 Å². The smallest absolute Gasteiger partial charge is 0.147 e. The molecular weight excluding hydrogens is 256 g/mol. The fraction of sp³-hybridized carbons (Fsp3) is 0.571. The summed E-state index contributed by atoms with van der Waals surface area (Å²) in [5.74, 6) is 1.25. The van der Waals surface area contributed by atoms with E-state index in [4.69, 9.17) is 4.74 Å². The van der Waals surface area contributed by atoms with E-state index in [9.17, 15) is 5.11 Å². The molecule has 2 aromatic heterocycles. The Balaban J connectivity index is 2.03. The van der Waals surface area contributed by atoms with Gasteiger partial charge in [-0.25, -0.2) is 9.97 Å². The molecule has 0 amide bonds. The second kappa shape index (κ2) is 5.03. The first-order valence-corrected chi connectivity index (χ1v) is 6.87. The van der Waals surface area contributed by atoms with Crippen LogP contribution in [-0.4, -0.2) is 46.4 Å². The predicted octanol–water partition coefficient (Wildman–Crippen LogP) is 1.41. The number of fused-ring (bicyclic) bond motifs is 1. The van der Waals surface area contributed by atoms with E-state index in [0.29, 0.717) is 5.92 Å². The number of hydrogen-bond donors (Lipinski definition) is 1. The van der Waals surface area contributed by atoms with Crippen LogP contribution in [0.2, 0.25) is 0 Å². The molecule has 20 heavy (non-hydrogen) atoms. The van der Waals surface area contributed by atoms with Crippen molar-refractivity contribution in [1.82, 2.24) is 14.5 Å². The van der Waals surface area contributed by atoms with Crippen molar-refractivity contribution >= 4 is 16.9 Å². The Morgan fingerprint density at radius 3 is 2.90 bits per heavy atom. The van der Waals surface area contributed by atoms with Crippen molar-refractivity contribution < 1.29 is 9.84 Å². The highest BCUT2D eigenvalue weighted by Gasteiger charge is 2.33. The van der Waals surface area contributed by atoms with E-state index >= 15 is 0 Å². The molecule has 1 aliphatic rings. The topological polar surface area (TPSA) is 63.4 Å². The minimum Gasteiger partial charge on any atom is -0.394 e. The molecule has 6 heteroatoms.